The normalized spacial score (nSPS) is 12.4. The predicted molar refractivity (Wildman–Crippen MR) is 85.8 cm³/mol. The topological polar surface area (TPSA) is 29.3 Å². The zero-order valence-corrected chi connectivity index (χ0v) is 12.9. The molecule has 2 N–H and O–H groups in total. The van der Waals surface area contributed by atoms with Crippen molar-refractivity contribution < 1.29 is 0 Å². The number of hydrogen-bond donors (Lipinski definition) is 1. The maximum Gasteiger partial charge on any atom is 0.0395 e. The van der Waals surface area contributed by atoms with Gasteiger partial charge in [-0.05, 0) is 57.2 Å². The molecule has 0 amide bonds. The molecule has 2 heteroatoms. The lowest BCUT2D eigenvalue weighted by Gasteiger charge is -2.26. The highest BCUT2D eigenvalue weighted by atomic mass is 15.1. The van der Waals surface area contributed by atoms with Gasteiger partial charge in [-0.2, -0.15) is 0 Å². The second kappa shape index (κ2) is 8.98. The molecule has 1 unspecified atom stereocenters. The summed E-state index contributed by atoms with van der Waals surface area (Å²) in [6.07, 6.45) is 5.00. The van der Waals surface area contributed by atoms with E-state index in [-0.39, 0.29) is 0 Å². The molecule has 1 atom stereocenters. The monoisotopic (exact) mass is 262 g/mol. The fourth-order valence-electron chi connectivity index (χ4n) is 2.73. The molecule has 1 rings (SSSR count). The molecule has 0 bridgehead atoms. The molecule has 2 nitrogen and oxygen atoms in total. The van der Waals surface area contributed by atoms with Crippen LogP contribution in [-0.2, 0) is 0 Å². The summed E-state index contributed by atoms with van der Waals surface area (Å²) >= 11 is 0. The zero-order chi connectivity index (χ0) is 14.1. The first-order valence-corrected chi connectivity index (χ1v) is 7.73. The molecule has 0 saturated carbocycles. The Morgan fingerprint density at radius 3 is 2.47 bits per heavy atom. The van der Waals surface area contributed by atoms with E-state index >= 15 is 0 Å². The SMILES string of the molecule is CCC(CCN)CCCN(CC)c1ccccc1C. The molecule has 0 aliphatic rings. The molecule has 0 heterocycles. The van der Waals surface area contributed by atoms with Gasteiger partial charge in [0.2, 0.25) is 0 Å². The summed E-state index contributed by atoms with van der Waals surface area (Å²) in [6.45, 7) is 9.78. The highest BCUT2D eigenvalue weighted by molar-refractivity contribution is 5.52. The van der Waals surface area contributed by atoms with E-state index in [1.807, 2.05) is 0 Å². The maximum absolute atomic E-state index is 5.66. The standard InChI is InChI=1S/C17H30N2/c1-4-16(12-13-18)10-8-14-19(5-2)17-11-7-6-9-15(17)3/h6-7,9,11,16H,4-5,8,10,12-14,18H2,1-3H3. The number of nitrogens with zero attached hydrogens (tertiary/aromatic N) is 1. The van der Waals surface area contributed by atoms with Crippen molar-refractivity contribution in [1.29, 1.82) is 0 Å². The van der Waals surface area contributed by atoms with Gasteiger partial charge >= 0.3 is 0 Å². The third-order valence-corrected chi connectivity index (χ3v) is 4.03. The van der Waals surface area contributed by atoms with Gasteiger partial charge in [0, 0.05) is 18.8 Å². The lowest BCUT2D eigenvalue weighted by atomic mass is 9.96. The molecule has 0 aliphatic carbocycles. The summed E-state index contributed by atoms with van der Waals surface area (Å²) < 4.78 is 0. The molecule has 1 aromatic carbocycles. The van der Waals surface area contributed by atoms with Crippen molar-refractivity contribution >= 4 is 5.69 Å². The first-order valence-electron chi connectivity index (χ1n) is 7.73. The highest BCUT2D eigenvalue weighted by Gasteiger charge is 2.09. The van der Waals surface area contributed by atoms with Gasteiger partial charge in [0.15, 0.2) is 0 Å². The number of para-hydroxylation sites is 1. The molecule has 0 aromatic heterocycles. The Labute approximate surface area is 119 Å². The van der Waals surface area contributed by atoms with E-state index in [4.69, 9.17) is 5.73 Å². The van der Waals surface area contributed by atoms with Crippen LogP contribution in [0.4, 0.5) is 5.69 Å². The number of rotatable bonds is 9. The first-order chi connectivity index (χ1) is 9.22. The van der Waals surface area contributed by atoms with Gasteiger partial charge in [-0.25, -0.2) is 0 Å². The van der Waals surface area contributed by atoms with Gasteiger partial charge in [-0.1, -0.05) is 31.5 Å². The summed E-state index contributed by atoms with van der Waals surface area (Å²) in [5.74, 6) is 0.806. The van der Waals surface area contributed by atoms with Gasteiger partial charge in [0.05, 0.1) is 0 Å². The second-order valence-electron chi connectivity index (χ2n) is 5.36. The molecule has 0 saturated heterocycles. The second-order valence-corrected chi connectivity index (χ2v) is 5.36. The number of hydrogen-bond acceptors (Lipinski definition) is 2. The van der Waals surface area contributed by atoms with Crippen molar-refractivity contribution in [2.45, 2.75) is 46.5 Å². The molecule has 0 fully saturated rings. The van der Waals surface area contributed by atoms with Crippen LogP contribution in [0.25, 0.3) is 0 Å². The Hall–Kier alpha value is -1.02. The van der Waals surface area contributed by atoms with Crippen LogP contribution in [-0.4, -0.2) is 19.6 Å². The predicted octanol–water partition coefficient (Wildman–Crippen LogP) is 3.98. The Kier molecular flexibility index (Phi) is 7.57. The van der Waals surface area contributed by atoms with Gasteiger partial charge in [-0.15, -0.1) is 0 Å². The van der Waals surface area contributed by atoms with E-state index in [1.165, 1.54) is 36.9 Å². The van der Waals surface area contributed by atoms with Gasteiger partial charge in [0.1, 0.15) is 0 Å². The van der Waals surface area contributed by atoms with Crippen LogP contribution in [0.2, 0.25) is 0 Å². The Morgan fingerprint density at radius 2 is 1.89 bits per heavy atom. The molecule has 0 radical (unpaired) electrons. The van der Waals surface area contributed by atoms with Crippen LogP contribution in [0.15, 0.2) is 24.3 Å². The average molecular weight is 262 g/mol. The van der Waals surface area contributed by atoms with Gasteiger partial charge in [-0.3, -0.25) is 0 Å². The maximum atomic E-state index is 5.66. The number of nitrogens with two attached hydrogens (primary N) is 1. The average Bonchev–Trinajstić information content (AvgIpc) is 2.43. The minimum Gasteiger partial charge on any atom is -0.372 e. The fourth-order valence-corrected chi connectivity index (χ4v) is 2.73. The molecular formula is C17H30N2. The van der Waals surface area contributed by atoms with Crippen LogP contribution in [0.1, 0.15) is 45.1 Å². The molecule has 0 aliphatic heterocycles. The van der Waals surface area contributed by atoms with Crippen LogP contribution >= 0.6 is 0 Å². The third-order valence-electron chi connectivity index (χ3n) is 4.03. The summed E-state index contributed by atoms with van der Waals surface area (Å²) in [5, 5.41) is 0. The van der Waals surface area contributed by atoms with E-state index in [2.05, 4.69) is 49.9 Å². The summed E-state index contributed by atoms with van der Waals surface area (Å²) in [5.41, 5.74) is 8.42. The number of anilines is 1. The lowest BCUT2D eigenvalue weighted by molar-refractivity contribution is 0.429. The van der Waals surface area contributed by atoms with Gasteiger partial charge in [0.25, 0.3) is 0 Å². The van der Waals surface area contributed by atoms with Crippen LogP contribution in [0.5, 0.6) is 0 Å². The fraction of sp³-hybridized carbons (Fsp3) is 0.647. The summed E-state index contributed by atoms with van der Waals surface area (Å²) in [6, 6.07) is 8.67. The first kappa shape index (κ1) is 16.0. The number of aryl methyl sites for hydroxylation is 1. The largest absolute Gasteiger partial charge is 0.372 e. The Bertz CT molecular complexity index is 349. The van der Waals surface area contributed by atoms with Crippen molar-refractivity contribution in [1.82, 2.24) is 0 Å². The molecule has 19 heavy (non-hydrogen) atoms. The lowest BCUT2D eigenvalue weighted by Crippen LogP contribution is -2.25. The Balaban J connectivity index is 2.47. The third kappa shape index (κ3) is 5.23. The number of benzene rings is 1. The summed E-state index contributed by atoms with van der Waals surface area (Å²) in [4.78, 5) is 2.49. The molecular weight excluding hydrogens is 232 g/mol. The van der Waals surface area contributed by atoms with Crippen molar-refractivity contribution in [2.24, 2.45) is 11.7 Å². The highest BCUT2D eigenvalue weighted by Crippen LogP contribution is 2.21. The molecule has 0 spiro atoms. The van der Waals surface area contributed by atoms with E-state index in [0.29, 0.717) is 0 Å². The van der Waals surface area contributed by atoms with E-state index < -0.39 is 0 Å². The quantitative estimate of drug-likeness (QED) is 0.729. The van der Waals surface area contributed by atoms with Crippen LogP contribution in [0.3, 0.4) is 0 Å². The zero-order valence-electron chi connectivity index (χ0n) is 12.9. The minimum absolute atomic E-state index is 0.806. The van der Waals surface area contributed by atoms with Gasteiger partial charge < -0.3 is 10.6 Å². The Morgan fingerprint density at radius 1 is 1.16 bits per heavy atom. The molecule has 1 aromatic rings. The van der Waals surface area contributed by atoms with E-state index in [1.54, 1.807) is 0 Å². The van der Waals surface area contributed by atoms with E-state index in [0.717, 1.165) is 25.6 Å². The minimum atomic E-state index is 0.806. The smallest absolute Gasteiger partial charge is 0.0395 e. The van der Waals surface area contributed by atoms with E-state index in [9.17, 15) is 0 Å². The van der Waals surface area contributed by atoms with Crippen molar-refractivity contribution in [3.63, 3.8) is 0 Å². The van der Waals surface area contributed by atoms with Crippen molar-refractivity contribution in [3.05, 3.63) is 29.8 Å². The van der Waals surface area contributed by atoms with Crippen molar-refractivity contribution in [3.8, 4) is 0 Å². The molecule has 108 valence electrons. The van der Waals surface area contributed by atoms with Crippen LogP contribution in [0, 0.1) is 12.8 Å². The van der Waals surface area contributed by atoms with Crippen molar-refractivity contribution in [2.75, 3.05) is 24.5 Å². The summed E-state index contributed by atoms with van der Waals surface area (Å²) in [7, 11) is 0. The van der Waals surface area contributed by atoms with Crippen LogP contribution < -0.4 is 10.6 Å².